The van der Waals surface area contributed by atoms with Crippen LogP contribution in [0.1, 0.15) is 40.5 Å². The molecular formula is C15H22NO2-. The fraction of sp³-hybridized carbons (Fsp3) is 0.600. The van der Waals surface area contributed by atoms with E-state index in [1.807, 2.05) is 58.0 Å². The quantitative estimate of drug-likeness (QED) is 0.802. The summed E-state index contributed by atoms with van der Waals surface area (Å²) in [5.41, 5.74) is -0.748. The zero-order valence-corrected chi connectivity index (χ0v) is 11.6. The van der Waals surface area contributed by atoms with Crippen LogP contribution in [0.4, 0.5) is 0 Å². The Morgan fingerprint density at radius 3 is 2.06 bits per heavy atom. The summed E-state index contributed by atoms with van der Waals surface area (Å²) in [6, 6.07) is 9.83. The van der Waals surface area contributed by atoms with Gasteiger partial charge >= 0.3 is 0 Å². The highest BCUT2D eigenvalue weighted by atomic mass is 16.5. The Morgan fingerprint density at radius 1 is 1.06 bits per heavy atom. The van der Waals surface area contributed by atoms with Gasteiger partial charge in [0.25, 0.3) is 0 Å². The number of hydroxylamine groups is 2. The van der Waals surface area contributed by atoms with E-state index in [2.05, 4.69) is 0 Å². The van der Waals surface area contributed by atoms with Crippen molar-refractivity contribution in [3.63, 3.8) is 0 Å². The zero-order valence-electron chi connectivity index (χ0n) is 11.6. The predicted molar refractivity (Wildman–Crippen MR) is 73.5 cm³/mol. The highest BCUT2D eigenvalue weighted by Crippen LogP contribution is 2.38. The molecule has 3 heteroatoms. The third-order valence-electron chi connectivity index (χ3n) is 3.60. The van der Waals surface area contributed by atoms with Crippen LogP contribution in [-0.2, 0) is 0 Å². The molecule has 0 radical (unpaired) electrons. The first kappa shape index (κ1) is 13.4. The Morgan fingerprint density at radius 2 is 1.56 bits per heavy atom. The maximum absolute atomic E-state index is 12.2. The van der Waals surface area contributed by atoms with Gasteiger partial charge in [0, 0.05) is 23.9 Å². The third kappa shape index (κ3) is 2.68. The van der Waals surface area contributed by atoms with Crippen molar-refractivity contribution in [2.45, 2.75) is 57.7 Å². The molecule has 18 heavy (non-hydrogen) atoms. The topological polar surface area (TPSA) is 35.5 Å². The lowest BCUT2D eigenvalue weighted by Crippen LogP contribution is -2.59. The van der Waals surface area contributed by atoms with Crippen LogP contribution in [0.5, 0.6) is 5.75 Å². The standard InChI is InChI=1S/C15H22NO2/c1-14(2)10-13(11-15(3,4)16(14)17)18-12-8-6-5-7-9-12/h5-9,13H,10-11H2,1-4H3/q-1. The molecule has 0 N–H and O–H groups in total. The number of hydrogen-bond donors (Lipinski definition) is 0. The molecule has 0 amide bonds. The molecule has 1 aliphatic heterocycles. The fourth-order valence-electron chi connectivity index (χ4n) is 2.95. The monoisotopic (exact) mass is 248 g/mol. The average molecular weight is 248 g/mol. The summed E-state index contributed by atoms with van der Waals surface area (Å²) in [5, 5.41) is 13.5. The highest BCUT2D eigenvalue weighted by molar-refractivity contribution is 5.21. The lowest BCUT2D eigenvalue weighted by molar-refractivity contribution is -0.0406. The fourth-order valence-corrected chi connectivity index (χ4v) is 2.95. The summed E-state index contributed by atoms with van der Waals surface area (Å²) in [5.74, 6) is 0.883. The second kappa shape index (κ2) is 4.56. The Balaban J connectivity index is 2.12. The van der Waals surface area contributed by atoms with E-state index in [1.54, 1.807) is 0 Å². The summed E-state index contributed by atoms with van der Waals surface area (Å²) >= 11 is 0. The number of para-hydroxylation sites is 1. The molecule has 1 aliphatic rings. The molecule has 1 fully saturated rings. The third-order valence-corrected chi connectivity index (χ3v) is 3.60. The van der Waals surface area contributed by atoms with Gasteiger partial charge in [0.2, 0.25) is 0 Å². The van der Waals surface area contributed by atoms with Crippen molar-refractivity contribution in [2.75, 3.05) is 0 Å². The first-order valence-electron chi connectivity index (χ1n) is 6.50. The summed E-state index contributed by atoms with van der Waals surface area (Å²) in [4.78, 5) is 0. The lowest BCUT2D eigenvalue weighted by Gasteiger charge is -2.59. The van der Waals surface area contributed by atoms with E-state index in [0.717, 1.165) is 18.6 Å². The summed E-state index contributed by atoms with van der Waals surface area (Å²) in [6.45, 7) is 7.95. The van der Waals surface area contributed by atoms with Crippen molar-refractivity contribution in [3.8, 4) is 5.75 Å². The minimum absolute atomic E-state index is 0.0996. The van der Waals surface area contributed by atoms with Crippen LogP contribution in [0, 0.1) is 5.21 Å². The Kier molecular flexibility index (Phi) is 3.39. The van der Waals surface area contributed by atoms with Gasteiger partial charge in [0.1, 0.15) is 11.9 Å². The van der Waals surface area contributed by atoms with Gasteiger partial charge in [-0.3, -0.25) is 0 Å². The maximum atomic E-state index is 12.2. The minimum Gasteiger partial charge on any atom is -0.784 e. The summed E-state index contributed by atoms with van der Waals surface area (Å²) in [7, 11) is 0. The zero-order chi connectivity index (χ0) is 13.4. The van der Waals surface area contributed by atoms with E-state index in [1.165, 1.54) is 5.06 Å². The number of piperidine rings is 1. The Hall–Kier alpha value is -1.06. The van der Waals surface area contributed by atoms with E-state index in [4.69, 9.17) is 4.74 Å². The van der Waals surface area contributed by atoms with Crippen molar-refractivity contribution >= 4 is 0 Å². The molecule has 2 rings (SSSR count). The molecule has 0 spiro atoms. The molecule has 0 saturated carbocycles. The molecule has 0 unspecified atom stereocenters. The van der Waals surface area contributed by atoms with E-state index in [-0.39, 0.29) is 17.2 Å². The molecule has 100 valence electrons. The number of rotatable bonds is 2. The Bertz CT molecular complexity index is 382. The summed E-state index contributed by atoms with van der Waals surface area (Å²) in [6.07, 6.45) is 1.62. The van der Waals surface area contributed by atoms with Crippen LogP contribution in [-0.4, -0.2) is 22.2 Å². The van der Waals surface area contributed by atoms with Gasteiger partial charge in [0.05, 0.1) is 0 Å². The molecule has 1 aromatic rings. The maximum Gasteiger partial charge on any atom is 0.119 e. The second-order valence-electron chi connectivity index (χ2n) is 6.38. The van der Waals surface area contributed by atoms with E-state index < -0.39 is 0 Å². The van der Waals surface area contributed by atoms with Gasteiger partial charge in [-0.25, -0.2) is 0 Å². The smallest absolute Gasteiger partial charge is 0.119 e. The van der Waals surface area contributed by atoms with E-state index in [9.17, 15) is 5.21 Å². The van der Waals surface area contributed by atoms with Gasteiger partial charge in [-0.05, 0) is 39.8 Å². The largest absolute Gasteiger partial charge is 0.784 e. The molecular weight excluding hydrogens is 226 g/mol. The van der Waals surface area contributed by atoms with Crippen LogP contribution in [0.3, 0.4) is 0 Å². The normalized spacial score (nSPS) is 23.8. The molecule has 1 saturated heterocycles. The minimum atomic E-state index is -0.374. The van der Waals surface area contributed by atoms with Crippen LogP contribution >= 0.6 is 0 Å². The van der Waals surface area contributed by atoms with E-state index in [0.29, 0.717) is 0 Å². The van der Waals surface area contributed by atoms with Crippen molar-refractivity contribution in [2.24, 2.45) is 0 Å². The predicted octanol–water partition coefficient (Wildman–Crippen LogP) is 3.58. The second-order valence-corrected chi connectivity index (χ2v) is 6.38. The van der Waals surface area contributed by atoms with Crippen molar-refractivity contribution in [3.05, 3.63) is 35.5 Å². The highest BCUT2D eigenvalue weighted by Gasteiger charge is 2.41. The van der Waals surface area contributed by atoms with Gasteiger partial charge < -0.3 is 15.0 Å². The molecule has 1 heterocycles. The van der Waals surface area contributed by atoms with Crippen LogP contribution in [0.25, 0.3) is 0 Å². The van der Waals surface area contributed by atoms with Gasteiger partial charge in [-0.1, -0.05) is 18.2 Å². The SMILES string of the molecule is CC1(C)CC(Oc2ccccc2)CC(C)(C)N1[O-]. The molecule has 1 aromatic carbocycles. The van der Waals surface area contributed by atoms with Gasteiger partial charge in [-0.15, -0.1) is 0 Å². The number of hydrogen-bond acceptors (Lipinski definition) is 3. The number of ether oxygens (including phenoxy) is 1. The summed E-state index contributed by atoms with van der Waals surface area (Å²) < 4.78 is 6.01. The van der Waals surface area contributed by atoms with E-state index >= 15 is 0 Å². The van der Waals surface area contributed by atoms with Crippen molar-refractivity contribution < 1.29 is 4.74 Å². The number of benzene rings is 1. The Labute approximate surface area is 109 Å². The molecule has 0 aliphatic carbocycles. The molecule has 0 atom stereocenters. The van der Waals surface area contributed by atoms with Crippen molar-refractivity contribution in [1.29, 1.82) is 0 Å². The average Bonchev–Trinajstić information content (AvgIpc) is 2.26. The van der Waals surface area contributed by atoms with Gasteiger partial charge in [-0.2, -0.15) is 0 Å². The lowest BCUT2D eigenvalue weighted by atomic mass is 9.80. The van der Waals surface area contributed by atoms with Crippen LogP contribution in [0.2, 0.25) is 0 Å². The van der Waals surface area contributed by atoms with Gasteiger partial charge in [0.15, 0.2) is 0 Å². The van der Waals surface area contributed by atoms with Crippen LogP contribution in [0.15, 0.2) is 30.3 Å². The van der Waals surface area contributed by atoms with Crippen molar-refractivity contribution in [1.82, 2.24) is 5.06 Å². The molecule has 3 nitrogen and oxygen atoms in total. The first-order valence-corrected chi connectivity index (χ1v) is 6.50. The number of nitrogens with zero attached hydrogens (tertiary/aromatic N) is 1. The first-order chi connectivity index (χ1) is 8.31. The molecule has 0 aromatic heterocycles. The molecule has 0 bridgehead atoms. The van der Waals surface area contributed by atoms with Crippen LogP contribution < -0.4 is 4.74 Å².